The molecule has 1 aromatic carbocycles. The molecule has 0 saturated carbocycles. The summed E-state index contributed by atoms with van der Waals surface area (Å²) in [5, 5.41) is 0. The van der Waals surface area contributed by atoms with Crippen LogP contribution in [0.15, 0.2) is 18.2 Å². The van der Waals surface area contributed by atoms with E-state index in [1.54, 1.807) is 0 Å². The summed E-state index contributed by atoms with van der Waals surface area (Å²) in [5.41, 5.74) is 9.45. The molecule has 0 radical (unpaired) electrons. The van der Waals surface area contributed by atoms with Crippen molar-refractivity contribution in [2.24, 2.45) is 5.73 Å². The highest BCUT2D eigenvalue weighted by Gasteiger charge is 2.03. The van der Waals surface area contributed by atoms with Gasteiger partial charge >= 0.3 is 0 Å². The molecule has 2 nitrogen and oxygen atoms in total. The summed E-state index contributed by atoms with van der Waals surface area (Å²) in [6.45, 7) is 9.21. The Labute approximate surface area is 111 Å². The second-order valence-electron chi connectivity index (χ2n) is 3.49. The van der Waals surface area contributed by atoms with Gasteiger partial charge in [-0.15, -0.1) is 24.8 Å². The van der Waals surface area contributed by atoms with Crippen LogP contribution in [0.25, 0.3) is 0 Å². The molecule has 0 heterocycles. The third-order valence-corrected chi connectivity index (χ3v) is 2.67. The first-order valence-electron chi connectivity index (χ1n) is 5.27. The van der Waals surface area contributed by atoms with Crippen LogP contribution in [0, 0.1) is 6.92 Å². The molecule has 0 fully saturated rings. The van der Waals surface area contributed by atoms with Gasteiger partial charge in [-0.25, -0.2) is 0 Å². The van der Waals surface area contributed by atoms with Crippen LogP contribution < -0.4 is 10.6 Å². The predicted octanol–water partition coefficient (Wildman–Crippen LogP) is 3.14. The third kappa shape index (κ3) is 4.20. The van der Waals surface area contributed by atoms with E-state index < -0.39 is 0 Å². The summed E-state index contributed by atoms with van der Waals surface area (Å²) in [4.78, 5) is 2.34. The zero-order valence-corrected chi connectivity index (χ0v) is 11.8. The number of hydrogen-bond acceptors (Lipinski definition) is 2. The molecule has 1 rings (SSSR count). The van der Waals surface area contributed by atoms with Crippen molar-refractivity contribution in [2.45, 2.75) is 27.3 Å². The molecule has 0 aliphatic rings. The lowest BCUT2D eigenvalue weighted by atomic mass is 10.1. The van der Waals surface area contributed by atoms with Crippen molar-refractivity contribution in [1.29, 1.82) is 0 Å². The molecule has 0 aromatic heterocycles. The molecule has 0 amide bonds. The average molecular weight is 265 g/mol. The fraction of sp³-hybridized carbons (Fsp3) is 0.500. The lowest BCUT2D eigenvalue weighted by Crippen LogP contribution is -2.21. The van der Waals surface area contributed by atoms with Gasteiger partial charge in [0.05, 0.1) is 0 Å². The summed E-state index contributed by atoms with van der Waals surface area (Å²) >= 11 is 0. The normalized spacial score (nSPS) is 9.00. The molecular weight excluding hydrogens is 243 g/mol. The molecule has 2 N–H and O–H groups in total. The molecule has 0 aliphatic carbocycles. The van der Waals surface area contributed by atoms with Crippen molar-refractivity contribution < 1.29 is 0 Å². The summed E-state index contributed by atoms with van der Waals surface area (Å²) in [7, 11) is 0. The van der Waals surface area contributed by atoms with Gasteiger partial charge in [0, 0.05) is 25.3 Å². The van der Waals surface area contributed by atoms with Crippen LogP contribution in [0.4, 0.5) is 5.69 Å². The monoisotopic (exact) mass is 264 g/mol. The topological polar surface area (TPSA) is 29.3 Å². The Morgan fingerprint density at radius 1 is 1.12 bits per heavy atom. The molecule has 0 aliphatic heterocycles. The standard InChI is InChI=1S/C12H20N2.2ClH/c1-4-14(5-2)12-7-6-11(9-13)10(3)8-12;;/h6-8H,4-5,9,13H2,1-3H3;2*1H. The maximum Gasteiger partial charge on any atom is 0.0368 e. The summed E-state index contributed by atoms with van der Waals surface area (Å²) in [5.74, 6) is 0. The third-order valence-electron chi connectivity index (χ3n) is 2.67. The second-order valence-corrected chi connectivity index (χ2v) is 3.49. The summed E-state index contributed by atoms with van der Waals surface area (Å²) in [6.07, 6.45) is 0. The van der Waals surface area contributed by atoms with Crippen molar-refractivity contribution in [3.63, 3.8) is 0 Å². The predicted molar refractivity (Wildman–Crippen MR) is 77.1 cm³/mol. The first-order valence-corrected chi connectivity index (χ1v) is 5.27. The van der Waals surface area contributed by atoms with Crippen LogP contribution in [0.2, 0.25) is 0 Å². The number of nitrogens with two attached hydrogens (primary N) is 1. The van der Waals surface area contributed by atoms with Crippen molar-refractivity contribution in [2.75, 3.05) is 18.0 Å². The number of halogens is 2. The molecule has 0 bridgehead atoms. The molecule has 4 heteroatoms. The van der Waals surface area contributed by atoms with Crippen LogP contribution in [-0.4, -0.2) is 13.1 Å². The number of rotatable bonds is 4. The van der Waals surface area contributed by atoms with Crippen molar-refractivity contribution in [3.05, 3.63) is 29.3 Å². The van der Waals surface area contributed by atoms with Crippen molar-refractivity contribution in [3.8, 4) is 0 Å². The Kier molecular flexibility index (Phi) is 9.73. The van der Waals surface area contributed by atoms with Crippen LogP contribution in [0.1, 0.15) is 25.0 Å². The molecule has 0 spiro atoms. The average Bonchev–Trinajstić information content (AvgIpc) is 2.20. The fourth-order valence-electron chi connectivity index (χ4n) is 1.69. The first kappa shape index (κ1) is 17.9. The van der Waals surface area contributed by atoms with E-state index in [1.807, 2.05) is 0 Å². The first-order chi connectivity index (χ1) is 6.72. The van der Waals surface area contributed by atoms with Crippen LogP contribution in [0.3, 0.4) is 0 Å². The van der Waals surface area contributed by atoms with Gasteiger partial charge in [-0.05, 0) is 44.0 Å². The van der Waals surface area contributed by atoms with E-state index in [0.29, 0.717) is 6.54 Å². The van der Waals surface area contributed by atoms with Gasteiger partial charge in [0.25, 0.3) is 0 Å². The largest absolute Gasteiger partial charge is 0.372 e. The zero-order chi connectivity index (χ0) is 10.6. The Morgan fingerprint density at radius 2 is 1.69 bits per heavy atom. The van der Waals surface area contributed by atoms with E-state index in [0.717, 1.165) is 13.1 Å². The number of hydrogen-bond donors (Lipinski definition) is 1. The number of aryl methyl sites for hydroxylation is 1. The van der Waals surface area contributed by atoms with Crippen LogP contribution in [-0.2, 0) is 6.54 Å². The van der Waals surface area contributed by atoms with E-state index in [9.17, 15) is 0 Å². The van der Waals surface area contributed by atoms with Gasteiger partial charge in [-0.2, -0.15) is 0 Å². The number of anilines is 1. The SMILES string of the molecule is CCN(CC)c1ccc(CN)c(C)c1.Cl.Cl. The summed E-state index contributed by atoms with van der Waals surface area (Å²) < 4.78 is 0. The van der Waals surface area contributed by atoms with E-state index in [1.165, 1.54) is 16.8 Å². The molecule has 94 valence electrons. The molecule has 16 heavy (non-hydrogen) atoms. The smallest absolute Gasteiger partial charge is 0.0368 e. The lowest BCUT2D eigenvalue weighted by molar-refractivity contribution is 0.864. The molecular formula is C12H22Cl2N2. The van der Waals surface area contributed by atoms with E-state index in [-0.39, 0.29) is 24.8 Å². The lowest BCUT2D eigenvalue weighted by Gasteiger charge is -2.22. The Balaban J connectivity index is 0. The number of benzene rings is 1. The van der Waals surface area contributed by atoms with Gasteiger partial charge in [0.1, 0.15) is 0 Å². The minimum atomic E-state index is 0. The molecule has 0 atom stereocenters. The van der Waals surface area contributed by atoms with Crippen molar-refractivity contribution in [1.82, 2.24) is 0 Å². The molecule has 0 saturated heterocycles. The Hall–Kier alpha value is -0.440. The highest BCUT2D eigenvalue weighted by molar-refractivity contribution is 5.85. The van der Waals surface area contributed by atoms with Gasteiger partial charge in [0.2, 0.25) is 0 Å². The molecule has 0 unspecified atom stereocenters. The number of nitrogens with zero attached hydrogens (tertiary/aromatic N) is 1. The van der Waals surface area contributed by atoms with Crippen LogP contribution >= 0.6 is 24.8 Å². The molecule has 1 aromatic rings. The zero-order valence-electron chi connectivity index (χ0n) is 10.2. The highest BCUT2D eigenvalue weighted by Crippen LogP contribution is 2.18. The van der Waals surface area contributed by atoms with Gasteiger partial charge < -0.3 is 10.6 Å². The minimum Gasteiger partial charge on any atom is -0.372 e. The highest BCUT2D eigenvalue weighted by atomic mass is 35.5. The maximum atomic E-state index is 5.63. The van der Waals surface area contributed by atoms with E-state index in [4.69, 9.17) is 5.73 Å². The van der Waals surface area contributed by atoms with E-state index >= 15 is 0 Å². The Bertz CT molecular complexity index is 299. The Morgan fingerprint density at radius 3 is 2.06 bits per heavy atom. The van der Waals surface area contributed by atoms with Gasteiger partial charge in [0.15, 0.2) is 0 Å². The summed E-state index contributed by atoms with van der Waals surface area (Å²) in [6, 6.07) is 6.50. The van der Waals surface area contributed by atoms with Gasteiger partial charge in [-0.1, -0.05) is 6.07 Å². The van der Waals surface area contributed by atoms with E-state index in [2.05, 4.69) is 43.9 Å². The van der Waals surface area contributed by atoms with Crippen molar-refractivity contribution >= 4 is 30.5 Å². The second kappa shape index (κ2) is 8.68. The quantitative estimate of drug-likeness (QED) is 0.906. The van der Waals surface area contributed by atoms with Gasteiger partial charge in [-0.3, -0.25) is 0 Å². The minimum absolute atomic E-state index is 0. The fourth-order valence-corrected chi connectivity index (χ4v) is 1.69. The van der Waals surface area contributed by atoms with Crippen LogP contribution in [0.5, 0.6) is 0 Å². The maximum absolute atomic E-state index is 5.63.